The first-order valence-corrected chi connectivity index (χ1v) is 5.19. The zero-order valence-corrected chi connectivity index (χ0v) is 9.65. The molecule has 2 heterocycles. The summed E-state index contributed by atoms with van der Waals surface area (Å²) in [6.45, 7) is -0.545. The first-order chi connectivity index (χ1) is 9.31. The number of aromatic nitrogens is 3. The van der Waals surface area contributed by atoms with Crippen LogP contribution in [-0.2, 0) is 4.74 Å². The van der Waals surface area contributed by atoms with Crippen molar-refractivity contribution in [3.63, 3.8) is 0 Å². The molecule has 0 aliphatic rings. The molecule has 17 heavy (non-hydrogen) atoms. The van der Waals surface area contributed by atoms with Gasteiger partial charge in [0, 0.05) is 17.2 Å². The molecule has 0 saturated carbocycles. The molecule has 0 radical (unpaired) electrons. The minimum Gasteiger partial charge on any atom is -0.462 e. The summed E-state index contributed by atoms with van der Waals surface area (Å²) in [5.41, 5.74) is 0.241. The van der Waals surface area contributed by atoms with Gasteiger partial charge in [0.1, 0.15) is 16.5 Å². The molecule has 0 atom stereocenters. The Morgan fingerprint density at radius 2 is 2.59 bits per heavy atom. The normalized spacial score (nSPS) is 13.9. The molecular formula is C10H11ClN4O2. The molecule has 2 aromatic heterocycles. The molecule has 1 N–H and O–H groups in total. The molecule has 0 saturated heterocycles. The monoisotopic (exact) mass is 257 g/mol. The van der Waals surface area contributed by atoms with Crippen molar-refractivity contribution in [2.24, 2.45) is 0 Å². The van der Waals surface area contributed by atoms with E-state index in [-0.39, 0.29) is 28.8 Å². The number of hydrogen-bond acceptors (Lipinski definition) is 5. The highest BCUT2D eigenvalue weighted by molar-refractivity contribution is 6.29. The second-order valence-electron chi connectivity index (χ2n) is 3.10. The average molecular weight is 258 g/mol. The van der Waals surface area contributed by atoms with Crippen LogP contribution in [0.5, 0.6) is 0 Å². The number of carbonyl (C=O) groups is 1. The minimum atomic E-state index is -2.42. The lowest BCUT2D eigenvalue weighted by Crippen LogP contribution is -2.06. The van der Waals surface area contributed by atoms with E-state index >= 15 is 0 Å². The number of fused-ring (bicyclic) bond motifs is 1. The third-order valence-electron chi connectivity index (χ3n) is 2.06. The van der Waals surface area contributed by atoms with Crippen LogP contribution in [0.1, 0.15) is 21.4 Å². The largest absolute Gasteiger partial charge is 0.462 e. The molecule has 0 fully saturated rings. The molecule has 0 aliphatic carbocycles. The average Bonchev–Trinajstić information content (AvgIpc) is 2.70. The van der Waals surface area contributed by atoms with Crippen molar-refractivity contribution in [3.8, 4) is 0 Å². The number of rotatable bonds is 3. The second kappa shape index (κ2) is 4.58. The molecule has 7 heteroatoms. The Balaban J connectivity index is 2.54. The van der Waals surface area contributed by atoms with Crippen LogP contribution < -0.4 is 5.32 Å². The number of carbonyl (C=O) groups excluding carboxylic acids is 1. The molecule has 90 valence electrons. The van der Waals surface area contributed by atoms with Crippen LogP contribution in [0.4, 0.5) is 5.82 Å². The van der Waals surface area contributed by atoms with Gasteiger partial charge in [0.15, 0.2) is 5.65 Å². The maximum atomic E-state index is 11.7. The molecule has 0 aliphatic heterocycles. The molecule has 2 rings (SSSR count). The number of esters is 1. The Labute approximate surface area is 107 Å². The minimum absolute atomic E-state index is 0.0373. The van der Waals surface area contributed by atoms with Gasteiger partial charge >= 0.3 is 5.97 Å². The molecule has 0 amide bonds. The molecular weight excluding hydrogens is 244 g/mol. The van der Waals surface area contributed by atoms with E-state index in [0.717, 1.165) is 0 Å². The SMILES string of the molecule is [2H]C([2H])([2H])Nc1cc(Cl)nc2c(C(=O)OCC)cnn12. The third kappa shape index (κ3) is 2.03. The van der Waals surface area contributed by atoms with Crippen LogP contribution >= 0.6 is 11.6 Å². The van der Waals surface area contributed by atoms with Gasteiger partial charge in [0.25, 0.3) is 0 Å². The lowest BCUT2D eigenvalue weighted by atomic mass is 10.3. The van der Waals surface area contributed by atoms with Crippen LogP contribution in [0.25, 0.3) is 5.65 Å². The number of nitrogens with zero attached hydrogens (tertiary/aromatic N) is 3. The van der Waals surface area contributed by atoms with E-state index in [1.165, 1.54) is 16.8 Å². The number of ether oxygens (including phenoxy) is 1. The van der Waals surface area contributed by atoms with Crippen molar-refractivity contribution in [2.75, 3.05) is 18.9 Å². The fourth-order valence-electron chi connectivity index (χ4n) is 1.38. The summed E-state index contributed by atoms with van der Waals surface area (Å²) in [4.78, 5) is 15.7. The first-order valence-electron chi connectivity index (χ1n) is 6.31. The zero-order valence-electron chi connectivity index (χ0n) is 11.9. The van der Waals surface area contributed by atoms with Gasteiger partial charge in [-0.15, -0.1) is 0 Å². The third-order valence-corrected chi connectivity index (χ3v) is 2.26. The quantitative estimate of drug-likeness (QED) is 0.668. The van der Waals surface area contributed by atoms with Gasteiger partial charge in [-0.3, -0.25) is 0 Å². The smallest absolute Gasteiger partial charge is 0.343 e. The predicted octanol–water partition coefficient (Wildman–Crippen LogP) is 1.60. The number of hydrogen-bond donors (Lipinski definition) is 1. The van der Waals surface area contributed by atoms with Gasteiger partial charge in [-0.25, -0.2) is 9.78 Å². The number of halogens is 1. The van der Waals surface area contributed by atoms with Crippen LogP contribution in [-0.4, -0.2) is 34.2 Å². The van der Waals surface area contributed by atoms with E-state index in [1.54, 1.807) is 6.92 Å². The Morgan fingerprint density at radius 1 is 1.76 bits per heavy atom. The zero-order chi connectivity index (χ0) is 14.9. The predicted molar refractivity (Wildman–Crippen MR) is 63.5 cm³/mol. The fraction of sp³-hybridized carbons (Fsp3) is 0.300. The maximum Gasteiger partial charge on any atom is 0.343 e. The Hall–Kier alpha value is -1.82. The highest BCUT2D eigenvalue weighted by atomic mass is 35.5. The number of nitrogens with one attached hydrogen (secondary N) is 1. The molecule has 6 nitrogen and oxygen atoms in total. The first kappa shape index (κ1) is 8.30. The Kier molecular flexibility index (Phi) is 2.24. The molecule has 0 bridgehead atoms. The molecule has 0 unspecified atom stereocenters. The van der Waals surface area contributed by atoms with Gasteiger partial charge in [0.05, 0.1) is 12.8 Å². The van der Waals surface area contributed by atoms with E-state index in [2.05, 4.69) is 15.4 Å². The van der Waals surface area contributed by atoms with Crippen LogP contribution in [0, 0.1) is 0 Å². The van der Waals surface area contributed by atoms with Crippen LogP contribution in [0.3, 0.4) is 0 Å². The van der Waals surface area contributed by atoms with Gasteiger partial charge in [-0.05, 0) is 6.92 Å². The lowest BCUT2D eigenvalue weighted by Gasteiger charge is -2.04. The topological polar surface area (TPSA) is 68.5 Å². The van der Waals surface area contributed by atoms with E-state index in [9.17, 15) is 4.79 Å². The van der Waals surface area contributed by atoms with Gasteiger partial charge in [-0.2, -0.15) is 9.61 Å². The standard InChI is InChI=1S/C10H11ClN4O2/c1-3-17-10(16)6-5-13-15-8(12-2)4-7(11)14-9(6)15/h4-5,12H,3H2,1-2H3/i2D3. The van der Waals surface area contributed by atoms with Crippen molar-refractivity contribution >= 4 is 29.0 Å². The van der Waals surface area contributed by atoms with Crippen molar-refractivity contribution in [2.45, 2.75) is 6.92 Å². The van der Waals surface area contributed by atoms with Crippen LogP contribution in [0.2, 0.25) is 5.15 Å². The van der Waals surface area contributed by atoms with Crippen molar-refractivity contribution in [1.82, 2.24) is 14.6 Å². The Bertz CT molecular complexity index is 656. The van der Waals surface area contributed by atoms with Gasteiger partial charge in [-0.1, -0.05) is 11.6 Å². The fourth-order valence-corrected chi connectivity index (χ4v) is 1.56. The van der Waals surface area contributed by atoms with E-state index < -0.39 is 12.9 Å². The van der Waals surface area contributed by atoms with E-state index in [0.29, 0.717) is 0 Å². The summed E-state index contributed by atoms with van der Waals surface area (Å²) in [6, 6.07) is 1.31. The maximum absolute atomic E-state index is 11.7. The second-order valence-corrected chi connectivity index (χ2v) is 3.49. The van der Waals surface area contributed by atoms with Crippen molar-refractivity contribution in [1.29, 1.82) is 0 Å². The molecule has 0 aromatic carbocycles. The Morgan fingerprint density at radius 3 is 3.29 bits per heavy atom. The van der Waals surface area contributed by atoms with Gasteiger partial charge in [0.2, 0.25) is 0 Å². The summed E-state index contributed by atoms with van der Waals surface area (Å²) in [5.74, 6) is -0.493. The van der Waals surface area contributed by atoms with Crippen LogP contribution in [0.15, 0.2) is 12.3 Å². The summed E-state index contributed by atoms with van der Waals surface area (Å²) in [7, 11) is 0. The molecule has 2 aromatic rings. The van der Waals surface area contributed by atoms with E-state index in [1.807, 2.05) is 0 Å². The summed E-state index contributed by atoms with van der Waals surface area (Å²) in [6.07, 6.45) is 1.25. The summed E-state index contributed by atoms with van der Waals surface area (Å²) in [5, 5.41) is 6.24. The van der Waals surface area contributed by atoms with E-state index in [4.69, 9.17) is 20.5 Å². The number of anilines is 1. The van der Waals surface area contributed by atoms with Crippen molar-refractivity contribution < 1.29 is 13.6 Å². The van der Waals surface area contributed by atoms with Crippen molar-refractivity contribution in [3.05, 3.63) is 23.0 Å². The summed E-state index contributed by atoms with van der Waals surface area (Å²) < 4.78 is 27.6. The highest BCUT2D eigenvalue weighted by Crippen LogP contribution is 2.18. The lowest BCUT2D eigenvalue weighted by molar-refractivity contribution is 0.0528. The summed E-state index contributed by atoms with van der Waals surface area (Å²) >= 11 is 5.84. The molecule has 0 spiro atoms. The highest BCUT2D eigenvalue weighted by Gasteiger charge is 2.17. The van der Waals surface area contributed by atoms with Gasteiger partial charge < -0.3 is 10.1 Å².